The molecule has 0 saturated carbocycles. The molecule has 0 saturated heterocycles. The van der Waals surface area contributed by atoms with Gasteiger partial charge in [0.25, 0.3) is 0 Å². The first-order chi connectivity index (χ1) is 16.5. The van der Waals surface area contributed by atoms with E-state index in [0.717, 1.165) is 11.3 Å². The zero-order chi connectivity index (χ0) is 24.1. The summed E-state index contributed by atoms with van der Waals surface area (Å²) in [5, 5.41) is 24.8. The van der Waals surface area contributed by atoms with Crippen LogP contribution in [0.2, 0.25) is 0 Å². The molecule has 0 bridgehead atoms. The molecule has 0 aliphatic rings. The average Bonchev–Trinajstić information content (AvgIpc) is 3.52. The number of benzene rings is 1. The Labute approximate surface area is 204 Å². The number of thiazole rings is 1. The molecule has 1 aromatic carbocycles. The minimum absolute atomic E-state index is 0.00581. The van der Waals surface area contributed by atoms with Gasteiger partial charge in [0.2, 0.25) is 5.91 Å². The Hall–Kier alpha value is -4.12. The van der Waals surface area contributed by atoms with Crippen LogP contribution in [0.1, 0.15) is 23.1 Å². The van der Waals surface area contributed by atoms with E-state index in [0.29, 0.717) is 27.2 Å². The molecule has 1 amide bonds. The SMILES string of the molecule is Cc1ccc(-c2csc(NC(=O)CCSc3nc(N)c(C#N)c(-c4ccco4)c3C#N)n2)cc1. The van der Waals surface area contributed by atoms with E-state index in [2.05, 4.69) is 21.4 Å². The summed E-state index contributed by atoms with van der Waals surface area (Å²) in [6.07, 6.45) is 1.63. The van der Waals surface area contributed by atoms with Crippen LogP contribution in [-0.4, -0.2) is 21.6 Å². The van der Waals surface area contributed by atoms with Gasteiger partial charge in [0.15, 0.2) is 5.13 Å². The summed E-state index contributed by atoms with van der Waals surface area (Å²) < 4.78 is 5.40. The van der Waals surface area contributed by atoms with Gasteiger partial charge in [-0.1, -0.05) is 29.8 Å². The van der Waals surface area contributed by atoms with Gasteiger partial charge in [-0.15, -0.1) is 23.1 Å². The van der Waals surface area contributed by atoms with E-state index >= 15 is 0 Å². The molecule has 168 valence electrons. The number of nitrogen functional groups attached to an aromatic ring is 1. The minimum Gasteiger partial charge on any atom is -0.464 e. The number of nitrogens with one attached hydrogen (secondary N) is 1. The van der Waals surface area contributed by atoms with E-state index in [9.17, 15) is 15.3 Å². The lowest BCUT2D eigenvalue weighted by atomic mass is 10.0. The highest BCUT2D eigenvalue weighted by Crippen LogP contribution is 2.36. The summed E-state index contributed by atoms with van der Waals surface area (Å²) in [7, 11) is 0. The van der Waals surface area contributed by atoms with Crippen LogP contribution in [0.4, 0.5) is 10.9 Å². The number of furan rings is 1. The number of nitrogens with zero attached hydrogens (tertiary/aromatic N) is 4. The molecular weight excluding hydrogens is 468 g/mol. The van der Waals surface area contributed by atoms with Crippen molar-refractivity contribution in [1.29, 1.82) is 10.5 Å². The number of amides is 1. The summed E-state index contributed by atoms with van der Waals surface area (Å²) in [4.78, 5) is 21.1. The Bertz CT molecular complexity index is 1410. The van der Waals surface area contributed by atoms with E-state index in [-0.39, 0.29) is 29.3 Å². The van der Waals surface area contributed by atoms with Crippen molar-refractivity contribution in [3.8, 4) is 34.7 Å². The van der Waals surface area contributed by atoms with E-state index in [1.165, 1.54) is 34.9 Å². The number of nitriles is 2. The van der Waals surface area contributed by atoms with Crippen molar-refractivity contribution >= 4 is 40.0 Å². The number of thioether (sulfide) groups is 1. The molecule has 3 aromatic heterocycles. The number of carbonyl (C=O) groups excluding carboxylic acids is 1. The fraction of sp³-hybridized carbons (Fsp3) is 0.125. The van der Waals surface area contributed by atoms with Crippen LogP contribution >= 0.6 is 23.1 Å². The zero-order valence-corrected chi connectivity index (χ0v) is 19.7. The van der Waals surface area contributed by atoms with Crippen LogP contribution in [0.25, 0.3) is 22.6 Å². The van der Waals surface area contributed by atoms with E-state index in [4.69, 9.17) is 10.2 Å². The Morgan fingerprint density at radius 1 is 1.18 bits per heavy atom. The third kappa shape index (κ3) is 4.94. The van der Waals surface area contributed by atoms with Gasteiger partial charge < -0.3 is 15.5 Å². The topological polar surface area (TPSA) is 142 Å². The summed E-state index contributed by atoms with van der Waals surface area (Å²) in [5.74, 6) is 0.511. The lowest BCUT2D eigenvalue weighted by Crippen LogP contribution is -2.12. The molecule has 0 atom stereocenters. The fourth-order valence-electron chi connectivity index (χ4n) is 3.18. The molecule has 0 aliphatic carbocycles. The molecule has 0 spiro atoms. The molecule has 34 heavy (non-hydrogen) atoms. The Morgan fingerprint density at radius 2 is 1.94 bits per heavy atom. The van der Waals surface area contributed by atoms with Crippen LogP contribution in [0.15, 0.2) is 57.5 Å². The Balaban J connectivity index is 1.43. The van der Waals surface area contributed by atoms with E-state index in [1.54, 1.807) is 12.1 Å². The van der Waals surface area contributed by atoms with Crippen LogP contribution in [0, 0.1) is 29.6 Å². The first-order valence-corrected chi connectivity index (χ1v) is 12.0. The third-order valence-electron chi connectivity index (χ3n) is 4.85. The highest BCUT2D eigenvalue weighted by atomic mass is 32.2. The van der Waals surface area contributed by atoms with Crippen molar-refractivity contribution in [3.05, 3.63) is 64.7 Å². The monoisotopic (exact) mass is 486 g/mol. The number of aromatic nitrogens is 2. The number of hydrogen-bond acceptors (Lipinski definition) is 9. The van der Waals surface area contributed by atoms with Gasteiger partial charge in [0.1, 0.15) is 34.3 Å². The highest BCUT2D eigenvalue weighted by molar-refractivity contribution is 7.99. The lowest BCUT2D eigenvalue weighted by Gasteiger charge is -2.11. The van der Waals surface area contributed by atoms with E-state index < -0.39 is 0 Å². The average molecular weight is 487 g/mol. The van der Waals surface area contributed by atoms with Crippen molar-refractivity contribution in [2.24, 2.45) is 0 Å². The summed E-state index contributed by atoms with van der Waals surface area (Å²) in [5.41, 5.74) is 9.50. The molecular formula is C24H18N6O2S2. The van der Waals surface area contributed by atoms with Crippen LogP contribution in [0.5, 0.6) is 0 Å². The van der Waals surface area contributed by atoms with Crippen molar-refractivity contribution < 1.29 is 9.21 Å². The fourth-order valence-corrected chi connectivity index (χ4v) is 4.85. The van der Waals surface area contributed by atoms with Gasteiger partial charge in [0.05, 0.1) is 23.1 Å². The second-order valence-corrected chi connectivity index (χ2v) is 9.12. The predicted molar refractivity (Wildman–Crippen MR) is 132 cm³/mol. The van der Waals surface area contributed by atoms with Gasteiger partial charge >= 0.3 is 0 Å². The van der Waals surface area contributed by atoms with Gasteiger partial charge in [0, 0.05) is 23.1 Å². The van der Waals surface area contributed by atoms with Crippen molar-refractivity contribution in [2.75, 3.05) is 16.8 Å². The second kappa shape index (κ2) is 10.2. The summed E-state index contributed by atoms with van der Waals surface area (Å²) in [6, 6.07) is 15.4. The Morgan fingerprint density at radius 3 is 2.62 bits per heavy atom. The lowest BCUT2D eigenvalue weighted by molar-refractivity contribution is -0.115. The number of pyridine rings is 1. The molecule has 3 heterocycles. The smallest absolute Gasteiger partial charge is 0.226 e. The molecule has 0 unspecified atom stereocenters. The van der Waals surface area contributed by atoms with Gasteiger partial charge in [-0.25, -0.2) is 9.97 Å². The molecule has 0 aliphatic heterocycles. The molecule has 4 rings (SSSR count). The first-order valence-electron chi connectivity index (χ1n) is 10.1. The van der Waals surface area contributed by atoms with Crippen molar-refractivity contribution in [2.45, 2.75) is 18.4 Å². The standard InChI is InChI=1S/C24H18N6O2S2/c1-14-4-6-15(7-5-14)18-13-34-24(28-18)29-20(31)8-10-33-23-17(12-26)21(19-3-2-9-32-19)16(11-25)22(27)30-23/h2-7,9,13H,8,10H2,1H3,(H2,27,30)(H,28,29,31). The normalized spacial score (nSPS) is 10.4. The molecule has 3 N–H and O–H groups in total. The molecule has 4 aromatic rings. The number of rotatable bonds is 7. The van der Waals surface area contributed by atoms with Crippen molar-refractivity contribution in [3.63, 3.8) is 0 Å². The maximum Gasteiger partial charge on any atom is 0.226 e. The molecule has 0 radical (unpaired) electrons. The maximum absolute atomic E-state index is 12.4. The number of aryl methyl sites for hydroxylation is 1. The van der Waals surface area contributed by atoms with Crippen LogP contribution in [0.3, 0.4) is 0 Å². The number of nitrogens with two attached hydrogens (primary N) is 1. The largest absolute Gasteiger partial charge is 0.464 e. The zero-order valence-electron chi connectivity index (χ0n) is 18.0. The van der Waals surface area contributed by atoms with Crippen LogP contribution in [-0.2, 0) is 4.79 Å². The van der Waals surface area contributed by atoms with Crippen LogP contribution < -0.4 is 11.1 Å². The third-order valence-corrected chi connectivity index (χ3v) is 6.58. The van der Waals surface area contributed by atoms with Gasteiger partial charge in [-0.05, 0) is 19.1 Å². The highest BCUT2D eigenvalue weighted by Gasteiger charge is 2.22. The summed E-state index contributed by atoms with van der Waals surface area (Å²) >= 11 is 2.57. The summed E-state index contributed by atoms with van der Waals surface area (Å²) in [6.45, 7) is 2.02. The number of anilines is 2. The van der Waals surface area contributed by atoms with Gasteiger partial charge in [-0.3, -0.25) is 4.79 Å². The second-order valence-electron chi connectivity index (χ2n) is 7.18. The quantitative estimate of drug-likeness (QED) is 0.339. The molecule has 8 nitrogen and oxygen atoms in total. The van der Waals surface area contributed by atoms with Crippen molar-refractivity contribution in [1.82, 2.24) is 9.97 Å². The molecule has 0 fully saturated rings. The van der Waals surface area contributed by atoms with E-state index in [1.807, 2.05) is 42.6 Å². The predicted octanol–water partition coefficient (Wildman–Crippen LogP) is 5.22. The minimum atomic E-state index is -0.205. The Kier molecular flexibility index (Phi) is 6.93. The first kappa shape index (κ1) is 23.1. The maximum atomic E-state index is 12.4. The number of carbonyl (C=O) groups is 1. The molecule has 10 heteroatoms. The van der Waals surface area contributed by atoms with Gasteiger partial charge in [-0.2, -0.15) is 10.5 Å². The number of hydrogen-bond donors (Lipinski definition) is 2.